The van der Waals surface area contributed by atoms with Crippen LogP contribution in [0.15, 0.2) is 55.1 Å². The van der Waals surface area contributed by atoms with Crippen molar-refractivity contribution in [1.82, 2.24) is 0 Å². The summed E-state index contributed by atoms with van der Waals surface area (Å²) in [5.41, 5.74) is 11.3. The monoisotopic (exact) mass is 223 g/mol. The molecule has 86 valence electrons. The van der Waals surface area contributed by atoms with Crippen molar-refractivity contribution in [3.8, 4) is 0 Å². The van der Waals surface area contributed by atoms with Crippen LogP contribution < -0.4 is 5.73 Å². The molecule has 1 nitrogen and oxygen atoms in total. The molecule has 2 aromatic rings. The van der Waals surface area contributed by atoms with E-state index in [1.54, 1.807) is 0 Å². The quantitative estimate of drug-likeness (QED) is 0.846. The predicted octanol–water partition coefficient (Wildman–Crippen LogP) is 3.52. The molecular weight excluding hydrogens is 206 g/mol. The van der Waals surface area contributed by atoms with Gasteiger partial charge in [0.05, 0.1) is 0 Å². The van der Waals surface area contributed by atoms with Gasteiger partial charge in [-0.05, 0) is 24.5 Å². The molecule has 1 heteroatoms. The highest BCUT2D eigenvalue weighted by atomic mass is 14.6. The van der Waals surface area contributed by atoms with Gasteiger partial charge in [-0.3, -0.25) is 0 Å². The molecule has 0 aliphatic rings. The van der Waals surface area contributed by atoms with Gasteiger partial charge >= 0.3 is 0 Å². The van der Waals surface area contributed by atoms with E-state index < -0.39 is 0 Å². The van der Waals surface area contributed by atoms with Crippen LogP contribution in [0.25, 0.3) is 5.70 Å². The van der Waals surface area contributed by atoms with Crippen LogP contribution in [0.4, 0.5) is 0 Å². The van der Waals surface area contributed by atoms with Crippen molar-refractivity contribution in [2.75, 3.05) is 0 Å². The molecule has 0 spiro atoms. The largest absolute Gasteiger partial charge is 0.399 e. The molecule has 0 amide bonds. The first-order valence-electron chi connectivity index (χ1n) is 5.75. The van der Waals surface area contributed by atoms with E-state index in [1.165, 1.54) is 16.7 Å². The molecule has 17 heavy (non-hydrogen) atoms. The topological polar surface area (TPSA) is 26.0 Å². The fourth-order valence-electron chi connectivity index (χ4n) is 1.91. The molecule has 0 saturated heterocycles. The zero-order chi connectivity index (χ0) is 12.3. The highest BCUT2D eigenvalue weighted by Crippen LogP contribution is 2.18. The molecule has 2 aromatic carbocycles. The maximum atomic E-state index is 5.80. The number of hydrogen-bond acceptors (Lipinski definition) is 1. The third kappa shape index (κ3) is 2.76. The van der Waals surface area contributed by atoms with Crippen LogP contribution in [0.5, 0.6) is 0 Å². The minimum atomic E-state index is 0.632. The summed E-state index contributed by atoms with van der Waals surface area (Å²) < 4.78 is 0. The molecule has 0 aromatic heterocycles. The minimum Gasteiger partial charge on any atom is -0.399 e. The zero-order valence-corrected chi connectivity index (χ0v) is 10.1. The van der Waals surface area contributed by atoms with Crippen molar-refractivity contribution in [1.29, 1.82) is 0 Å². The molecule has 0 heterocycles. The van der Waals surface area contributed by atoms with Crippen LogP contribution in [0.2, 0.25) is 0 Å². The first kappa shape index (κ1) is 11.5. The Labute approximate surface area is 103 Å². The molecule has 0 unspecified atom stereocenters. The lowest BCUT2D eigenvalue weighted by Gasteiger charge is -2.09. The Hall–Kier alpha value is -2.02. The fourth-order valence-corrected chi connectivity index (χ4v) is 1.91. The van der Waals surface area contributed by atoms with Crippen molar-refractivity contribution in [3.63, 3.8) is 0 Å². The molecule has 0 aliphatic heterocycles. The molecule has 0 aliphatic carbocycles. The average Bonchev–Trinajstić information content (AvgIpc) is 2.32. The van der Waals surface area contributed by atoms with E-state index in [0.29, 0.717) is 5.70 Å². The van der Waals surface area contributed by atoms with Gasteiger partial charge in [-0.25, -0.2) is 0 Å². The van der Waals surface area contributed by atoms with E-state index >= 15 is 0 Å². The van der Waals surface area contributed by atoms with E-state index in [4.69, 9.17) is 5.73 Å². The second-order valence-electron chi connectivity index (χ2n) is 4.34. The Kier molecular flexibility index (Phi) is 3.29. The summed E-state index contributed by atoms with van der Waals surface area (Å²) in [7, 11) is 0. The van der Waals surface area contributed by atoms with Crippen LogP contribution in [-0.2, 0) is 6.42 Å². The van der Waals surface area contributed by atoms with Crippen LogP contribution >= 0.6 is 0 Å². The summed E-state index contributed by atoms with van der Waals surface area (Å²) >= 11 is 0. The number of aryl methyl sites for hydroxylation is 1. The third-order valence-corrected chi connectivity index (χ3v) is 2.88. The Morgan fingerprint density at radius 1 is 1.06 bits per heavy atom. The van der Waals surface area contributed by atoms with Crippen LogP contribution in [0, 0.1) is 6.92 Å². The summed E-state index contributed by atoms with van der Waals surface area (Å²) in [4.78, 5) is 0. The summed E-state index contributed by atoms with van der Waals surface area (Å²) in [6.07, 6.45) is 0.896. The summed E-state index contributed by atoms with van der Waals surface area (Å²) in [6.45, 7) is 5.92. The normalized spacial score (nSPS) is 10.2. The zero-order valence-electron chi connectivity index (χ0n) is 10.1. The van der Waals surface area contributed by atoms with Crippen molar-refractivity contribution < 1.29 is 0 Å². The van der Waals surface area contributed by atoms with Gasteiger partial charge in [-0.2, -0.15) is 0 Å². The summed E-state index contributed by atoms with van der Waals surface area (Å²) in [6, 6.07) is 16.7. The van der Waals surface area contributed by atoms with Gasteiger partial charge in [0.15, 0.2) is 0 Å². The first-order chi connectivity index (χ1) is 8.16. The maximum absolute atomic E-state index is 5.80. The fraction of sp³-hybridized carbons (Fsp3) is 0.125. The van der Waals surface area contributed by atoms with Gasteiger partial charge in [0.2, 0.25) is 0 Å². The molecule has 0 radical (unpaired) electrons. The van der Waals surface area contributed by atoms with Crippen molar-refractivity contribution in [2.45, 2.75) is 13.3 Å². The van der Waals surface area contributed by atoms with Crippen LogP contribution in [0.1, 0.15) is 22.3 Å². The Morgan fingerprint density at radius 3 is 2.35 bits per heavy atom. The van der Waals surface area contributed by atoms with Crippen molar-refractivity contribution in [3.05, 3.63) is 77.4 Å². The van der Waals surface area contributed by atoms with E-state index in [0.717, 1.165) is 12.0 Å². The summed E-state index contributed by atoms with van der Waals surface area (Å²) in [5.74, 6) is 0. The van der Waals surface area contributed by atoms with Crippen molar-refractivity contribution >= 4 is 5.70 Å². The van der Waals surface area contributed by atoms with E-state index in [9.17, 15) is 0 Å². The van der Waals surface area contributed by atoms with Crippen LogP contribution in [-0.4, -0.2) is 0 Å². The number of benzene rings is 2. The van der Waals surface area contributed by atoms with Gasteiger partial charge < -0.3 is 5.73 Å². The van der Waals surface area contributed by atoms with Gasteiger partial charge in [0, 0.05) is 11.3 Å². The Balaban J connectivity index is 2.30. The van der Waals surface area contributed by atoms with Crippen molar-refractivity contribution in [2.24, 2.45) is 5.73 Å². The lowest BCUT2D eigenvalue weighted by Crippen LogP contribution is -2.00. The molecule has 0 saturated carbocycles. The van der Waals surface area contributed by atoms with Gasteiger partial charge in [0.1, 0.15) is 0 Å². The smallest absolute Gasteiger partial charge is 0.0317 e. The van der Waals surface area contributed by atoms with Gasteiger partial charge in [0.25, 0.3) is 0 Å². The second-order valence-corrected chi connectivity index (χ2v) is 4.34. The highest BCUT2D eigenvalue weighted by Gasteiger charge is 2.03. The van der Waals surface area contributed by atoms with E-state index in [-0.39, 0.29) is 0 Å². The molecular formula is C16H17N. The number of hydrogen-bond donors (Lipinski definition) is 1. The van der Waals surface area contributed by atoms with Gasteiger partial charge in [-0.15, -0.1) is 0 Å². The molecule has 0 fully saturated rings. The minimum absolute atomic E-state index is 0.632. The standard InChI is InChI=1S/C16H17N/c1-12-7-9-14(10-8-12)11-15-5-3-4-6-16(15)13(2)17/h3-10H,2,11,17H2,1H3. The van der Waals surface area contributed by atoms with Crippen LogP contribution in [0.3, 0.4) is 0 Å². The molecule has 2 rings (SSSR count). The molecule has 2 N–H and O–H groups in total. The Morgan fingerprint density at radius 2 is 1.71 bits per heavy atom. The second kappa shape index (κ2) is 4.88. The Bertz CT molecular complexity index is 523. The maximum Gasteiger partial charge on any atom is 0.0317 e. The SMILES string of the molecule is C=C(N)c1ccccc1Cc1ccc(C)cc1. The average molecular weight is 223 g/mol. The lowest BCUT2D eigenvalue weighted by atomic mass is 9.98. The van der Waals surface area contributed by atoms with Gasteiger partial charge in [-0.1, -0.05) is 60.7 Å². The number of nitrogens with two attached hydrogens (primary N) is 1. The predicted molar refractivity (Wildman–Crippen MR) is 73.6 cm³/mol. The third-order valence-electron chi connectivity index (χ3n) is 2.88. The molecule has 0 bridgehead atoms. The van der Waals surface area contributed by atoms with E-state index in [1.807, 2.05) is 18.2 Å². The van der Waals surface area contributed by atoms with E-state index in [2.05, 4.69) is 43.8 Å². The molecule has 0 atom stereocenters. The first-order valence-corrected chi connectivity index (χ1v) is 5.75. The lowest BCUT2D eigenvalue weighted by molar-refractivity contribution is 1.17. The summed E-state index contributed by atoms with van der Waals surface area (Å²) in [5, 5.41) is 0. The number of rotatable bonds is 3. The highest BCUT2D eigenvalue weighted by molar-refractivity contribution is 5.64.